The van der Waals surface area contributed by atoms with E-state index >= 15 is 0 Å². The fourth-order valence-electron chi connectivity index (χ4n) is 3.58. The second-order valence-corrected chi connectivity index (χ2v) is 7.94. The van der Waals surface area contributed by atoms with Crippen LogP contribution >= 0.6 is 0 Å². The third kappa shape index (κ3) is 4.51. The highest BCUT2D eigenvalue weighted by molar-refractivity contribution is 5.95. The molecule has 13 heteroatoms. The van der Waals surface area contributed by atoms with Crippen LogP contribution in [0.15, 0.2) is 45.6 Å². The number of benzene rings is 1. The van der Waals surface area contributed by atoms with Crippen molar-refractivity contribution in [3.63, 3.8) is 0 Å². The van der Waals surface area contributed by atoms with Crippen molar-refractivity contribution in [2.45, 2.75) is 31.6 Å². The van der Waals surface area contributed by atoms with Gasteiger partial charge in [-0.2, -0.15) is 18.2 Å². The summed E-state index contributed by atoms with van der Waals surface area (Å²) in [5.74, 6) is -2.43. The van der Waals surface area contributed by atoms with Crippen LogP contribution in [-0.4, -0.2) is 63.4 Å². The Morgan fingerprint density at radius 1 is 1.18 bits per heavy atom. The van der Waals surface area contributed by atoms with Crippen molar-refractivity contribution in [1.82, 2.24) is 25.5 Å². The van der Waals surface area contributed by atoms with Crippen molar-refractivity contribution in [3.05, 3.63) is 53.7 Å². The van der Waals surface area contributed by atoms with E-state index in [1.807, 2.05) is 0 Å². The zero-order valence-corrected chi connectivity index (χ0v) is 18.1. The molecule has 10 nitrogen and oxygen atoms in total. The summed E-state index contributed by atoms with van der Waals surface area (Å²) >= 11 is 0. The van der Waals surface area contributed by atoms with E-state index < -0.39 is 29.6 Å². The molecule has 3 aromatic rings. The van der Waals surface area contributed by atoms with Crippen LogP contribution in [0.3, 0.4) is 0 Å². The van der Waals surface area contributed by atoms with E-state index in [1.165, 1.54) is 36.5 Å². The molecule has 4 rings (SSSR count). The predicted molar refractivity (Wildman–Crippen MR) is 108 cm³/mol. The number of nitrogens with zero attached hydrogens (tertiary/aromatic N) is 4. The standard InChI is InChI=1S/C21H20F3N5O5/c1-12(20(2)11-32-10-9-29(20)18(31)15-7-8-25-33-15)26-17(30)14-5-3-13(4-6-14)16-27-19(34-28-16)21(22,23)24/h3-8,12H,9-11H2,1-2H3,(H,26,30)/t12-,20+/m1/s1. The lowest BCUT2D eigenvalue weighted by Crippen LogP contribution is -2.66. The van der Waals surface area contributed by atoms with Crippen molar-refractivity contribution in [3.8, 4) is 11.4 Å². The van der Waals surface area contributed by atoms with E-state index in [0.717, 1.165) is 0 Å². The Labute approximate surface area is 191 Å². The molecule has 0 radical (unpaired) electrons. The number of ether oxygens (including phenoxy) is 1. The van der Waals surface area contributed by atoms with Gasteiger partial charge in [0.2, 0.25) is 11.6 Å². The number of amides is 2. The molecular formula is C21H20F3N5O5. The third-order valence-corrected chi connectivity index (χ3v) is 5.72. The first-order valence-electron chi connectivity index (χ1n) is 10.2. The lowest BCUT2D eigenvalue weighted by atomic mass is 9.90. The fourth-order valence-corrected chi connectivity index (χ4v) is 3.58. The van der Waals surface area contributed by atoms with Gasteiger partial charge in [-0.25, -0.2) is 0 Å². The van der Waals surface area contributed by atoms with Gasteiger partial charge < -0.3 is 24.0 Å². The quantitative estimate of drug-likeness (QED) is 0.593. The van der Waals surface area contributed by atoms with Crippen LogP contribution in [0.4, 0.5) is 13.2 Å². The summed E-state index contributed by atoms with van der Waals surface area (Å²) in [6.07, 6.45) is -3.37. The van der Waals surface area contributed by atoms with Crippen LogP contribution < -0.4 is 5.32 Å². The van der Waals surface area contributed by atoms with Gasteiger partial charge in [-0.1, -0.05) is 22.4 Å². The summed E-state index contributed by atoms with van der Waals surface area (Å²) in [4.78, 5) is 30.7. The average Bonchev–Trinajstić information content (AvgIpc) is 3.51. The van der Waals surface area contributed by atoms with Crippen molar-refractivity contribution in [2.24, 2.45) is 0 Å². The van der Waals surface area contributed by atoms with E-state index in [1.54, 1.807) is 18.7 Å². The number of nitrogens with one attached hydrogen (secondary N) is 1. The highest BCUT2D eigenvalue weighted by atomic mass is 19.4. The molecule has 1 fully saturated rings. The summed E-state index contributed by atoms with van der Waals surface area (Å²) in [5.41, 5.74) is -0.375. The zero-order valence-electron chi connectivity index (χ0n) is 18.1. The summed E-state index contributed by atoms with van der Waals surface area (Å²) in [6.45, 7) is 4.37. The molecule has 2 amide bonds. The number of hydrogen-bond acceptors (Lipinski definition) is 8. The molecule has 0 aliphatic carbocycles. The van der Waals surface area contributed by atoms with Crippen LogP contribution in [-0.2, 0) is 10.9 Å². The highest BCUT2D eigenvalue weighted by Gasteiger charge is 2.44. The number of morpholine rings is 1. The average molecular weight is 479 g/mol. The molecule has 2 atom stereocenters. The maximum Gasteiger partial charge on any atom is 0.471 e. The van der Waals surface area contributed by atoms with Crippen LogP contribution in [0.25, 0.3) is 11.4 Å². The monoisotopic (exact) mass is 479 g/mol. The van der Waals surface area contributed by atoms with Gasteiger partial charge in [-0.3, -0.25) is 9.59 Å². The Hall–Kier alpha value is -3.74. The normalized spacial score (nSPS) is 19.6. The van der Waals surface area contributed by atoms with Gasteiger partial charge in [0.15, 0.2) is 0 Å². The van der Waals surface area contributed by atoms with Gasteiger partial charge >= 0.3 is 12.1 Å². The topological polar surface area (TPSA) is 124 Å². The SMILES string of the molecule is C[C@@H](NC(=O)c1ccc(-c2noc(C(F)(F)F)n2)cc1)[C@]1(C)COCCN1C(=O)c1ccno1. The van der Waals surface area contributed by atoms with E-state index in [2.05, 4.69) is 25.1 Å². The Bertz CT molecular complexity index is 1160. The van der Waals surface area contributed by atoms with E-state index in [0.29, 0.717) is 13.2 Å². The number of halogens is 3. The molecule has 0 saturated carbocycles. The summed E-state index contributed by atoms with van der Waals surface area (Å²) in [6, 6.07) is 6.62. The molecule has 3 heterocycles. The van der Waals surface area contributed by atoms with Gasteiger partial charge in [0.25, 0.3) is 11.8 Å². The lowest BCUT2D eigenvalue weighted by Gasteiger charge is -2.47. The third-order valence-electron chi connectivity index (χ3n) is 5.72. The lowest BCUT2D eigenvalue weighted by molar-refractivity contribution is -0.159. The molecule has 0 unspecified atom stereocenters. The Balaban J connectivity index is 1.47. The Morgan fingerprint density at radius 2 is 1.91 bits per heavy atom. The van der Waals surface area contributed by atoms with Gasteiger partial charge in [-0.15, -0.1) is 0 Å². The molecule has 180 valence electrons. The maximum absolute atomic E-state index is 12.9. The summed E-state index contributed by atoms with van der Waals surface area (Å²) in [5, 5.41) is 9.75. The number of aromatic nitrogens is 3. The molecule has 0 bridgehead atoms. The zero-order chi connectivity index (χ0) is 24.5. The van der Waals surface area contributed by atoms with Crippen LogP contribution in [0.1, 0.15) is 40.7 Å². The number of carbonyl (C=O) groups is 2. The van der Waals surface area contributed by atoms with Crippen molar-refractivity contribution in [2.75, 3.05) is 19.8 Å². The Morgan fingerprint density at radius 3 is 2.53 bits per heavy atom. The van der Waals surface area contributed by atoms with Crippen LogP contribution in [0.5, 0.6) is 0 Å². The number of carbonyl (C=O) groups excluding carboxylic acids is 2. The molecule has 2 aromatic heterocycles. The minimum absolute atomic E-state index is 0.0809. The maximum atomic E-state index is 12.9. The van der Waals surface area contributed by atoms with E-state index in [4.69, 9.17) is 9.26 Å². The van der Waals surface area contributed by atoms with E-state index in [9.17, 15) is 22.8 Å². The fraction of sp³-hybridized carbons (Fsp3) is 0.381. The number of hydrogen-bond donors (Lipinski definition) is 1. The molecule has 34 heavy (non-hydrogen) atoms. The van der Waals surface area contributed by atoms with Crippen molar-refractivity contribution in [1.29, 1.82) is 0 Å². The molecular weight excluding hydrogens is 459 g/mol. The molecule has 1 aromatic carbocycles. The summed E-state index contributed by atoms with van der Waals surface area (Å²) in [7, 11) is 0. The van der Waals surface area contributed by atoms with Crippen molar-refractivity contribution < 1.29 is 36.5 Å². The first-order valence-corrected chi connectivity index (χ1v) is 10.2. The molecule has 0 spiro atoms. The van der Waals surface area contributed by atoms with Gasteiger partial charge in [0.05, 0.1) is 31.0 Å². The van der Waals surface area contributed by atoms with Crippen molar-refractivity contribution >= 4 is 11.8 Å². The predicted octanol–water partition coefficient (Wildman–Crippen LogP) is 2.79. The smallest absolute Gasteiger partial charge is 0.377 e. The van der Waals surface area contributed by atoms with Crippen LogP contribution in [0, 0.1) is 0 Å². The molecule has 1 saturated heterocycles. The van der Waals surface area contributed by atoms with Gasteiger partial charge in [-0.05, 0) is 26.0 Å². The number of rotatable bonds is 5. The second kappa shape index (κ2) is 8.89. The van der Waals surface area contributed by atoms with Gasteiger partial charge in [0.1, 0.15) is 0 Å². The molecule has 1 aliphatic rings. The summed E-state index contributed by atoms with van der Waals surface area (Å²) < 4.78 is 52.8. The first-order chi connectivity index (χ1) is 16.1. The minimum Gasteiger partial charge on any atom is -0.377 e. The highest BCUT2D eigenvalue weighted by Crippen LogP contribution is 2.30. The van der Waals surface area contributed by atoms with Gasteiger partial charge in [0, 0.05) is 23.7 Å². The largest absolute Gasteiger partial charge is 0.471 e. The second-order valence-electron chi connectivity index (χ2n) is 7.94. The molecule has 1 N–H and O–H groups in total. The first kappa shape index (κ1) is 23.4. The Kier molecular flexibility index (Phi) is 6.13. The van der Waals surface area contributed by atoms with E-state index in [-0.39, 0.29) is 35.2 Å². The van der Waals surface area contributed by atoms with Crippen LogP contribution in [0.2, 0.25) is 0 Å². The minimum atomic E-state index is -4.75. The molecule has 1 aliphatic heterocycles. The number of alkyl halides is 3.